The number of furan rings is 1. The van der Waals surface area contributed by atoms with Gasteiger partial charge >= 0.3 is 0 Å². The standard InChI is InChI=1S/C17H20N2O2/c1-12(17(20)19-14-9-10-14)18-16(15-8-5-11-21-15)13-6-3-2-4-7-13/h2-8,11-12,14,16,18H,9-10H2,1H3,(H,19,20)/p+1/t12-,16+/m1/s1. The zero-order valence-electron chi connectivity index (χ0n) is 12.2. The second kappa shape index (κ2) is 6.14. The van der Waals surface area contributed by atoms with Crippen LogP contribution < -0.4 is 10.6 Å². The number of nitrogens with two attached hydrogens (primary N) is 1. The molecule has 0 radical (unpaired) electrons. The molecule has 21 heavy (non-hydrogen) atoms. The van der Waals surface area contributed by atoms with E-state index in [2.05, 4.69) is 22.8 Å². The Bertz CT molecular complexity index is 576. The fraction of sp³-hybridized carbons (Fsp3) is 0.353. The maximum Gasteiger partial charge on any atom is 0.278 e. The normalized spacial score (nSPS) is 17.2. The molecule has 0 unspecified atom stereocenters. The van der Waals surface area contributed by atoms with Gasteiger partial charge < -0.3 is 15.1 Å². The molecule has 1 amide bonds. The van der Waals surface area contributed by atoms with Crippen molar-refractivity contribution in [3.8, 4) is 0 Å². The van der Waals surface area contributed by atoms with Crippen LogP contribution >= 0.6 is 0 Å². The van der Waals surface area contributed by atoms with E-state index in [1.165, 1.54) is 0 Å². The highest BCUT2D eigenvalue weighted by atomic mass is 16.3. The fourth-order valence-corrected chi connectivity index (χ4v) is 2.44. The van der Waals surface area contributed by atoms with Gasteiger partial charge in [0.1, 0.15) is 0 Å². The lowest BCUT2D eigenvalue weighted by molar-refractivity contribution is -0.706. The van der Waals surface area contributed by atoms with E-state index in [1.807, 2.05) is 37.3 Å². The summed E-state index contributed by atoms with van der Waals surface area (Å²) in [4.78, 5) is 12.2. The number of carbonyl (C=O) groups excluding carboxylic acids is 1. The van der Waals surface area contributed by atoms with Crippen molar-refractivity contribution in [1.29, 1.82) is 0 Å². The highest BCUT2D eigenvalue weighted by molar-refractivity contribution is 5.80. The molecule has 1 aliphatic rings. The first-order valence-corrected chi connectivity index (χ1v) is 7.48. The summed E-state index contributed by atoms with van der Waals surface area (Å²) < 4.78 is 5.56. The summed E-state index contributed by atoms with van der Waals surface area (Å²) in [5.41, 5.74) is 1.14. The van der Waals surface area contributed by atoms with Gasteiger partial charge in [-0.1, -0.05) is 30.3 Å². The number of nitrogens with one attached hydrogen (secondary N) is 1. The zero-order valence-corrected chi connectivity index (χ0v) is 12.2. The van der Waals surface area contributed by atoms with Gasteiger partial charge in [0.05, 0.1) is 6.26 Å². The summed E-state index contributed by atoms with van der Waals surface area (Å²) in [5, 5.41) is 5.12. The third-order valence-electron chi connectivity index (χ3n) is 3.83. The van der Waals surface area contributed by atoms with Gasteiger partial charge in [-0.3, -0.25) is 4.79 Å². The predicted molar refractivity (Wildman–Crippen MR) is 79.5 cm³/mol. The molecule has 1 aromatic carbocycles. The van der Waals surface area contributed by atoms with Gasteiger partial charge in [-0.2, -0.15) is 0 Å². The lowest BCUT2D eigenvalue weighted by Gasteiger charge is -2.18. The SMILES string of the molecule is C[C@@H]([NH2+][C@@H](c1ccccc1)c1ccco1)C(=O)NC1CC1. The van der Waals surface area contributed by atoms with Crippen molar-refractivity contribution in [2.75, 3.05) is 0 Å². The predicted octanol–water partition coefficient (Wildman–Crippen LogP) is 1.60. The van der Waals surface area contributed by atoms with E-state index < -0.39 is 0 Å². The topological polar surface area (TPSA) is 58.9 Å². The van der Waals surface area contributed by atoms with Gasteiger partial charge in [-0.15, -0.1) is 0 Å². The molecule has 1 aromatic heterocycles. The number of amides is 1. The summed E-state index contributed by atoms with van der Waals surface area (Å²) in [6, 6.07) is 14.2. The smallest absolute Gasteiger partial charge is 0.278 e. The maximum absolute atomic E-state index is 12.2. The van der Waals surface area contributed by atoms with Crippen molar-refractivity contribution >= 4 is 5.91 Å². The largest absolute Gasteiger partial charge is 0.463 e. The summed E-state index contributed by atoms with van der Waals surface area (Å²) >= 11 is 0. The average molecular weight is 285 g/mol. The van der Waals surface area contributed by atoms with Crippen molar-refractivity contribution in [2.45, 2.75) is 37.9 Å². The molecule has 1 aliphatic carbocycles. The van der Waals surface area contributed by atoms with Crippen LogP contribution in [0, 0.1) is 0 Å². The number of benzene rings is 1. The molecule has 0 aliphatic heterocycles. The van der Waals surface area contributed by atoms with Gasteiger partial charge in [0, 0.05) is 11.6 Å². The Balaban J connectivity index is 1.74. The molecular formula is C17H21N2O2+. The Kier molecular flexibility index (Phi) is 4.06. The molecule has 0 saturated heterocycles. The first kappa shape index (κ1) is 13.9. The van der Waals surface area contributed by atoms with Crippen LogP contribution in [-0.2, 0) is 4.79 Å². The van der Waals surface area contributed by atoms with Crippen LogP contribution in [0.5, 0.6) is 0 Å². The van der Waals surface area contributed by atoms with Gasteiger partial charge in [-0.25, -0.2) is 0 Å². The Morgan fingerprint density at radius 1 is 1.24 bits per heavy atom. The quantitative estimate of drug-likeness (QED) is 0.847. The molecular weight excluding hydrogens is 264 g/mol. The lowest BCUT2D eigenvalue weighted by atomic mass is 10.0. The Morgan fingerprint density at radius 2 is 2.00 bits per heavy atom. The minimum atomic E-state index is -0.152. The third-order valence-corrected chi connectivity index (χ3v) is 3.83. The average Bonchev–Trinajstić information content (AvgIpc) is 3.16. The summed E-state index contributed by atoms with van der Waals surface area (Å²) in [6.07, 6.45) is 3.89. The van der Waals surface area contributed by atoms with Crippen molar-refractivity contribution < 1.29 is 14.5 Å². The summed E-state index contributed by atoms with van der Waals surface area (Å²) in [7, 11) is 0. The van der Waals surface area contributed by atoms with Crippen LogP contribution in [0.4, 0.5) is 0 Å². The van der Waals surface area contributed by atoms with Crippen LogP contribution in [0.3, 0.4) is 0 Å². The minimum Gasteiger partial charge on any atom is -0.463 e. The fourth-order valence-electron chi connectivity index (χ4n) is 2.44. The van der Waals surface area contributed by atoms with Gasteiger partial charge in [0.15, 0.2) is 17.8 Å². The number of hydrogen-bond acceptors (Lipinski definition) is 2. The van der Waals surface area contributed by atoms with E-state index in [9.17, 15) is 4.79 Å². The van der Waals surface area contributed by atoms with Gasteiger partial charge in [0.2, 0.25) is 0 Å². The Hall–Kier alpha value is -2.07. The second-order valence-electron chi connectivity index (χ2n) is 5.67. The van der Waals surface area contributed by atoms with E-state index in [0.29, 0.717) is 6.04 Å². The van der Waals surface area contributed by atoms with Crippen molar-refractivity contribution in [3.63, 3.8) is 0 Å². The molecule has 0 spiro atoms. The van der Waals surface area contributed by atoms with Crippen LogP contribution in [0.2, 0.25) is 0 Å². The molecule has 2 aromatic rings. The zero-order chi connectivity index (χ0) is 14.7. The molecule has 1 fully saturated rings. The monoisotopic (exact) mass is 285 g/mol. The van der Waals surface area contributed by atoms with Crippen LogP contribution in [0.15, 0.2) is 53.1 Å². The lowest BCUT2D eigenvalue weighted by Crippen LogP contribution is -2.92. The molecule has 3 rings (SSSR count). The molecule has 4 heteroatoms. The molecule has 0 bridgehead atoms. The van der Waals surface area contributed by atoms with Crippen molar-refractivity contribution in [2.24, 2.45) is 0 Å². The molecule has 110 valence electrons. The van der Waals surface area contributed by atoms with E-state index in [0.717, 1.165) is 24.2 Å². The highest BCUT2D eigenvalue weighted by Gasteiger charge is 2.30. The second-order valence-corrected chi connectivity index (χ2v) is 5.67. The third kappa shape index (κ3) is 3.52. The number of quaternary nitrogens is 1. The molecule has 3 N–H and O–H groups in total. The summed E-state index contributed by atoms with van der Waals surface area (Å²) in [6.45, 7) is 1.94. The maximum atomic E-state index is 12.2. The Labute approximate surface area is 124 Å². The van der Waals surface area contributed by atoms with Gasteiger partial charge in [-0.05, 0) is 31.9 Å². The number of rotatable bonds is 6. The highest BCUT2D eigenvalue weighted by Crippen LogP contribution is 2.20. The van der Waals surface area contributed by atoms with Gasteiger partial charge in [0.25, 0.3) is 5.91 Å². The number of carbonyl (C=O) groups is 1. The molecule has 1 saturated carbocycles. The van der Waals surface area contributed by atoms with Crippen LogP contribution in [0.1, 0.15) is 37.1 Å². The van der Waals surface area contributed by atoms with Crippen molar-refractivity contribution in [1.82, 2.24) is 5.32 Å². The van der Waals surface area contributed by atoms with E-state index in [1.54, 1.807) is 6.26 Å². The Morgan fingerprint density at radius 3 is 2.62 bits per heavy atom. The van der Waals surface area contributed by atoms with Crippen LogP contribution in [0.25, 0.3) is 0 Å². The molecule has 2 atom stereocenters. The van der Waals surface area contributed by atoms with Crippen molar-refractivity contribution in [3.05, 3.63) is 60.1 Å². The van der Waals surface area contributed by atoms with E-state index >= 15 is 0 Å². The molecule has 4 nitrogen and oxygen atoms in total. The summed E-state index contributed by atoms with van der Waals surface area (Å²) in [5.74, 6) is 0.970. The number of hydrogen-bond donors (Lipinski definition) is 2. The first-order chi connectivity index (χ1) is 10.2. The minimum absolute atomic E-state index is 0.00107. The van der Waals surface area contributed by atoms with Crippen LogP contribution in [-0.4, -0.2) is 18.0 Å². The molecule has 1 heterocycles. The van der Waals surface area contributed by atoms with E-state index in [4.69, 9.17) is 4.42 Å². The van der Waals surface area contributed by atoms with E-state index in [-0.39, 0.29) is 18.0 Å². The first-order valence-electron chi connectivity index (χ1n) is 7.48.